The molecule has 20 heteroatoms. The van der Waals surface area contributed by atoms with Crippen molar-refractivity contribution in [3.05, 3.63) is 11.6 Å². The highest BCUT2D eigenvalue weighted by Crippen LogP contribution is 2.76. The van der Waals surface area contributed by atoms with E-state index in [9.17, 15) is 65.4 Å². The van der Waals surface area contributed by atoms with Gasteiger partial charge in [0, 0.05) is 0 Å². The van der Waals surface area contributed by atoms with Crippen LogP contribution in [0.1, 0.15) is 106 Å². The van der Waals surface area contributed by atoms with Crippen LogP contribution in [0.5, 0.6) is 0 Å². The monoisotopic (exact) mass is 984 g/mol. The highest BCUT2D eigenvalue weighted by molar-refractivity contribution is 5.78. The summed E-state index contributed by atoms with van der Waals surface area (Å²) in [7, 11) is 1.05. The number of carboxylic acids is 1. The first-order valence-electron chi connectivity index (χ1n) is 24.7. The highest BCUT2D eigenvalue weighted by atomic mass is 16.8. The second kappa shape index (κ2) is 18.6. The van der Waals surface area contributed by atoms with Gasteiger partial charge < -0.3 is 89.0 Å². The van der Waals surface area contributed by atoms with Crippen molar-refractivity contribution in [3.63, 3.8) is 0 Å². The fourth-order valence-corrected chi connectivity index (χ4v) is 15.1. The summed E-state index contributed by atoms with van der Waals surface area (Å²) >= 11 is 0. The van der Waals surface area contributed by atoms with E-state index >= 15 is 0 Å². The van der Waals surface area contributed by atoms with Crippen LogP contribution in [0.25, 0.3) is 0 Å². The molecule has 3 heterocycles. The molecule has 7 fully saturated rings. The summed E-state index contributed by atoms with van der Waals surface area (Å²) in [5, 5.41) is 109. The van der Waals surface area contributed by atoms with Crippen LogP contribution in [0.2, 0.25) is 0 Å². The molecule has 69 heavy (non-hydrogen) atoms. The van der Waals surface area contributed by atoms with Crippen LogP contribution < -0.4 is 0 Å². The number of carbonyl (C=O) groups is 3. The predicted octanol–water partition coefficient (Wildman–Crippen LogP) is 0.0643. The van der Waals surface area contributed by atoms with Crippen LogP contribution in [0.15, 0.2) is 11.6 Å². The average molecular weight is 985 g/mol. The molecule has 0 spiro atoms. The summed E-state index contributed by atoms with van der Waals surface area (Å²) in [5.41, 5.74) is -3.02. The van der Waals surface area contributed by atoms with Gasteiger partial charge >= 0.3 is 11.9 Å². The van der Waals surface area contributed by atoms with Crippen LogP contribution in [0.4, 0.5) is 0 Å². The molecule has 0 bridgehead atoms. The number of hydrogen-bond donors (Lipinski definition) is 10. The Morgan fingerprint density at radius 3 is 1.99 bits per heavy atom. The van der Waals surface area contributed by atoms with Crippen molar-refractivity contribution in [2.75, 3.05) is 13.7 Å². The van der Waals surface area contributed by atoms with Crippen LogP contribution >= 0.6 is 0 Å². The van der Waals surface area contributed by atoms with E-state index in [1.54, 1.807) is 6.92 Å². The highest BCUT2D eigenvalue weighted by Gasteiger charge is 2.72. The van der Waals surface area contributed by atoms with E-state index < -0.39 is 150 Å². The van der Waals surface area contributed by atoms with E-state index in [4.69, 9.17) is 33.2 Å². The molecule has 0 unspecified atom stereocenters. The van der Waals surface area contributed by atoms with Gasteiger partial charge in [-0.05, 0) is 104 Å². The van der Waals surface area contributed by atoms with Gasteiger partial charge in [-0.1, -0.05) is 53.2 Å². The molecule has 5 aliphatic carbocycles. The lowest BCUT2D eigenvalue weighted by atomic mass is 9.33. The molecule has 0 aromatic carbocycles. The van der Waals surface area contributed by atoms with Gasteiger partial charge in [0.05, 0.1) is 37.4 Å². The molecule has 3 aliphatic heterocycles. The number of fused-ring (bicyclic) bond motifs is 7. The minimum Gasteiger partial charge on any atom is -0.481 e. The maximum Gasteiger partial charge on any atom is 0.337 e. The van der Waals surface area contributed by atoms with E-state index in [1.165, 1.54) is 6.92 Å². The Bertz CT molecular complexity index is 1970. The minimum atomic E-state index is -2.02. The standard InChI is InChI=1S/C49H76O20/c1-21-29(53)31(55)33(57)40(64-21)67-36-35(59)37(39(60)63-8)68-42(38(36)69-41-34(58)32(56)30(54)24(19-50)65-41)66-28-12-13-45(4)25(46(28,5)20-51)11-14-47(6)26(45)10-9-22-23-17-44(2,3)15-16-49(23,43(61)62)27(52)18-48(22,47)7/h9,20-21,23-38,40-42,50,52-59H,10-19H2,1-8H3,(H,61,62)/t21-,23-,24+,25+,26+,27+,28-,29-,30-,31+,32-,33+,34+,35-,36-,37-,38+,40-,41-,42+,45-,46-,47+,48+,49+/m0/s1. The molecular weight excluding hydrogens is 909 g/mol. The van der Waals surface area contributed by atoms with Crippen molar-refractivity contribution < 1.29 is 98.6 Å². The predicted molar refractivity (Wildman–Crippen MR) is 236 cm³/mol. The number of aldehydes is 1. The maximum absolute atomic E-state index is 13.9. The number of ether oxygens (including phenoxy) is 7. The molecule has 0 aromatic rings. The third kappa shape index (κ3) is 8.09. The fourth-order valence-electron chi connectivity index (χ4n) is 15.1. The van der Waals surface area contributed by atoms with Crippen LogP contribution in [-0.4, -0.2) is 187 Å². The molecular formula is C49H76O20. The second-order valence-corrected chi connectivity index (χ2v) is 23.4. The number of aliphatic hydroxyl groups excluding tert-OH is 9. The van der Waals surface area contributed by atoms with Gasteiger partial charge in [-0.15, -0.1) is 0 Å². The van der Waals surface area contributed by atoms with Crippen molar-refractivity contribution in [1.29, 1.82) is 0 Å². The molecule has 0 amide bonds. The molecule has 4 saturated carbocycles. The Balaban J connectivity index is 1.14. The summed E-state index contributed by atoms with van der Waals surface area (Å²) in [6.45, 7) is 13.4. The van der Waals surface area contributed by atoms with Crippen molar-refractivity contribution in [2.45, 2.75) is 211 Å². The Labute approximate surface area is 402 Å². The quantitative estimate of drug-likeness (QED) is 0.0599. The largest absolute Gasteiger partial charge is 0.481 e. The topological polar surface area (TPSA) is 318 Å². The van der Waals surface area contributed by atoms with E-state index in [0.717, 1.165) is 19.0 Å². The first kappa shape index (κ1) is 53.1. The summed E-state index contributed by atoms with van der Waals surface area (Å²) in [5.74, 6) is -2.72. The number of aliphatic carboxylic acids is 1. The number of esters is 1. The van der Waals surface area contributed by atoms with Crippen molar-refractivity contribution in [3.8, 4) is 0 Å². The zero-order valence-electron chi connectivity index (χ0n) is 40.8. The average Bonchev–Trinajstić information content (AvgIpc) is 3.29. The van der Waals surface area contributed by atoms with E-state index in [2.05, 4.69) is 40.7 Å². The number of carbonyl (C=O) groups excluding carboxylic acids is 2. The lowest BCUT2D eigenvalue weighted by Crippen LogP contribution is -2.69. The van der Waals surface area contributed by atoms with Gasteiger partial charge in [-0.2, -0.15) is 0 Å². The Morgan fingerprint density at radius 1 is 0.725 bits per heavy atom. The van der Waals surface area contributed by atoms with Crippen LogP contribution in [0.3, 0.4) is 0 Å². The van der Waals surface area contributed by atoms with Gasteiger partial charge in [-0.3, -0.25) is 4.79 Å². The SMILES string of the molecule is COC(=O)[C@H]1O[C@@H](O[C@H]2CC[C@]3(C)[C@H]4CC=C5[C@@H]6CC(C)(C)CC[C@]6(C(=O)O)[C@H](O)C[C@@]5(C)[C@]4(C)CC[C@H]3[C@]2(C)C=O)[C@H](O[C@@H]2O[C@H](CO)[C@H](O)[C@H](O)[C@H]2O)[C@@H](O[C@@H]2O[C@@H](C)[C@H](O)[C@@H](O)[C@H]2O)[C@@H]1O. The van der Waals surface area contributed by atoms with E-state index in [-0.39, 0.29) is 29.6 Å². The number of allylic oxidation sites excluding steroid dienone is 2. The van der Waals surface area contributed by atoms with Gasteiger partial charge in [0.15, 0.2) is 25.0 Å². The zero-order chi connectivity index (χ0) is 50.7. The van der Waals surface area contributed by atoms with Gasteiger partial charge in [0.25, 0.3) is 0 Å². The number of rotatable bonds is 10. The molecule has 8 aliphatic rings. The van der Waals surface area contributed by atoms with Gasteiger partial charge in [-0.25, -0.2) is 4.79 Å². The molecule has 25 atom stereocenters. The fraction of sp³-hybridized carbons (Fsp3) is 0.898. The maximum atomic E-state index is 13.9. The van der Waals surface area contributed by atoms with Crippen LogP contribution in [-0.2, 0) is 47.5 Å². The summed E-state index contributed by atoms with van der Waals surface area (Å²) in [4.78, 5) is 40.5. The van der Waals surface area contributed by atoms with Crippen molar-refractivity contribution in [1.82, 2.24) is 0 Å². The summed E-state index contributed by atoms with van der Waals surface area (Å²) in [6.07, 6.45) is -20.8. The van der Waals surface area contributed by atoms with Gasteiger partial charge in [0.2, 0.25) is 0 Å². The molecule has 8 rings (SSSR count). The Kier molecular flexibility index (Phi) is 14.3. The Hall–Kier alpha value is -2.25. The third-order valence-corrected chi connectivity index (χ3v) is 19.5. The molecule has 20 nitrogen and oxygen atoms in total. The van der Waals surface area contributed by atoms with Crippen LogP contribution in [0, 0.1) is 50.2 Å². The Morgan fingerprint density at radius 2 is 1.36 bits per heavy atom. The smallest absolute Gasteiger partial charge is 0.337 e. The second-order valence-electron chi connectivity index (χ2n) is 23.4. The van der Waals surface area contributed by atoms with Crippen molar-refractivity contribution in [2.24, 2.45) is 50.2 Å². The van der Waals surface area contributed by atoms with Crippen molar-refractivity contribution >= 4 is 18.2 Å². The molecule has 3 saturated heterocycles. The summed E-state index contributed by atoms with van der Waals surface area (Å²) < 4.78 is 41.8. The van der Waals surface area contributed by atoms with Gasteiger partial charge in [0.1, 0.15) is 72.7 Å². The first-order valence-corrected chi connectivity index (χ1v) is 24.7. The minimum absolute atomic E-state index is 0.0122. The number of hydrogen-bond acceptors (Lipinski definition) is 19. The number of carboxylic acid groups (broad SMARTS) is 1. The number of methoxy groups -OCH3 is 1. The lowest BCUT2D eigenvalue weighted by Gasteiger charge is -2.71. The molecule has 392 valence electrons. The lowest BCUT2D eigenvalue weighted by molar-refractivity contribution is -0.394. The number of aliphatic hydroxyl groups is 9. The third-order valence-electron chi connectivity index (χ3n) is 19.5. The normalized spacial score (nSPS) is 53.8. The molecule has 0 radical (unpaired) electrons. The zero-order valence-corrected chi connectivity index (χ0v) is 40.8. The van der Waals surface area contributed by atoms with E-state index in [0.29, 0.717) is 51.4 Å². The molecule has 0 aromatic heterocycles. The first-order chi connectivity index (χ1) is 32.2. The molecule has 10 N–H and O–H groups in total. The summed E-state index contributed by atoms with van der Waals surface area (Å²) in [6, 6.07) is 0. The van der Waals surface area contributed by atoms with E-state index in [1.807, 2.05) is 0 Å².